The summed E-state index contributed by atoms with van der Waals surface area (Å²) in [6, 6.07) is 0. The Morgan fingerprint density at radius 1 is 1.11 bits per heavy atom. The van der Waals surface area contributed by atoms with Gasteiger partial charge in [-0.3, -0.25) is 25.2 Å². The molecule has 3 N–H and O–H groups in total. The maximum atomic E-state index is 12.2. The average Bonchev–Trinajstić information content (AvgIpc) is 2.36. The fourth-order valence-corrected chi connectivity index (χ4v) is 2.36. The molecular weight excluding hydrogens is 246 g/mol. The maximum Gasteiger partial charge on any atom is 0.242 e. The zero-order valence-electron chi connectivity index (χ0n) is 11.7. The molecule has 0 aliphatic carbocycles. The molecule has 2 amide bonds. The van der Waals surface area contributed by atoms with Crippen molar-refractivity contribution in [2.45, 2.75) is 46.0 Å². The molecule has 0 unspecified atom stereocenters. The quantitative estimate of drug-likeness (QED) is 0.466. The van der Waals surface area contributed by atoms with Crippen molar-refractivity contribution in [1.29, 1.82) is 0 Å². The number of carbonyl (C=O) groups is 2. The summed E-state index contributed by atoms with van der Waals surface area (Å²) in [6.45, 7) is 4.33. The zero-order chi connectivity index (χ0) is 14.3. The van der Waals surface area contributed by atoms with Crippen LogP contribution >= 0.6 is 0 Å². The smallest absolute Gasteiger partial charge is 0.242 e. The molecule has 0 atom stereocenters. The number of guanidine groups is 1. The maximum absolute atomic E-state index is 12.2. The van der Waals surface area contributed by atoms with Crippen LogP contribution < -0.4 is 10.6 Å². The van der Waals surface area contributed by atoms with Gasteiger partial charge < -0.3 is 5.11 Å². The minimum absolute atomic E-state index is 0.0360. The van der Waals surface area contributed by atoms with Crippen LogP contribution in [0.2, 0.25) is 0 Å². The Morgan fingerprint density at radius 2 is 1.63 bits per heavy atom. The highest BCUT2D eigenvalue weighted by Gasteiger charge is 2.47. The van der Waals surface area contributed by atoms with E-state index in [1.807, 2.05) is 13.8 Å². The largest absolute Gasteiger partial charge is 0.396 e. The second kappa shape index (κ2) is 7.23. The lowest BCUT2D eigenvalue weighted by molar-refractivity contribution is -0.144. The highest BCUT2D eigenvalue weighted by molar-refractivity contribution is 6.20. The Morgan fingerprint density at radius 3 is 2.05 bits per heavy atom. The van der Waals surface area contributed by atoms with Crippen LogP contribution in [0.4, 0.5) is 0 Å². The van der Waals surface area contributed by atoms with Gasteiger partial charge in [0.1, 0.15) is 5.41 Å². The topological polar surface area (TPSA) is 90.8 Å². The Labute approximate surface area is 113 Å². The molecule has 108 valence electrons. The number of amides is 2. The van der Waals surface area contributed by atoms with Crippen molar-refractivity contribution in [3.8, 4) is 0 Å². The molecule has 6 nitrogen and oxygen atoms in total. The number of hydrogen-bond acceptors (Lipinski definition) is 4. The molecule has 1 saturated heterocycles. The van der Waals surface area contributed by atoms with Gasteiger partial charge in [-0.15, -0.1) is 0 Å². The molecular formula is C13H23N3O3. The first-order valence-corrected chi connectivity index (χ1v) is 6.89. The van der Waals surface area contributed by atoms with Gasteiger partial charge in [0.15, 0.2) is 0 Å². The van der Waals surface area contributed by atoms with Crippen LogP contribution in [-0.2, 0) is 9.59 Å². The van der Waals surface area contributed by atoms with Crippen LogP contribution in [0.3, 0.4) is 0 Å². The number of aliphatic hydroxyl groups is 1. The fraction of sp³-hybridized carbons (Fsp3) is 0.769. The minimum Gasteiger partial charge on any atom is -0.396 e. The summed E-state index contributed by atoms with van der Waals surface area (Å²) in [6.07, 6.45) is 3.14. The minimum atomic E-state index is -0.959. The summed E-state index contributed by atoms with van der Waals surface area (Å²) >= 11 is 0. The van der Waals surface area contributed by atoms with Crippen LogP contribution in [0.5, 0.6) is 0 Å². The molecule has 0 saturated carbocycles. The van der Waals surface area contributed by atoms with Crippen molar-refractivity contribution in [1.82, 2.24) is 10.6 Å². The van der Waals surface area contributed by atoms with Crippen molar-refractivity contribution >= 4 is 17.8 Å². The number of nitrogens with zero attached hydrogens (tertiary/aromatic N) is 1. The molecule has 1 heterocycles. The summed E-state index contributed by atoms with van der Waals surface area (Å²) in [5.74, 6) is -0.323. The standard InChI is InChI=1S/C13H23N3O3/c1-3-6-13(7-4-2)10(18)15-12(16-11(13)19)14-8-5-9-17/h17H,3-9H2,1-2H3,(H2,14,15,16,18,19). The Balaban J connectivity index is 2.82. The van der Waals surface area contributed by atoms with E-state index in [2.05, 4.69) is 15.6 Å². The predicted molar refractivity (Wildman–Crippen MR) is 72.5 cm³/mol. The second-order valence-electron chi connectivity index (χ2n) is 4.80. The Bertz CT molecular complexity index is 338. The highest BCUT2D eigenvalue weighted by Crippen LogP contribution is 2.32. The summed E-state index contributed by atoms with van der Waals surface area (Å²) in [5.41, 5.74) is -0.959. The summed E-state index contributed by atoms with van der Waals surface area (Å²) in [7, 11) is 0. The van der Waals surface area contributed by atoms with E-state index in [9.17, 15) is 9.59 Å². The normalized spacial score (nSPS) is 17.9. The summed E-state index contributed by atoms with van der Waals surface area (Å²) < 4.78 is 0. The van der Waals surface area contributed by atoms with Crippen LogP contribution in [0.15, 0.2) is 4.99 Å². The van der Waals surface area contributed by atoms with E-state index >= 15 is 0 Å². The third kappa shape index (κ3) is 3.53. The first-order chi connectivity index (χ1) is 9.10. The van der Waals surface area contributed by atoms with Gasteiger partial charge in [0.25, 0.3) is 0 Å². The SMILES string of the molecule is CCCC1(CCC)C(=O)NC(=NCCCO)NC1=O. The molecule has 0 spiro atoms. The number of nitrogens with one attached hydrogen (secondary N) is 2. The van der Waals surface area contributed by atoms with E-state index in [4.69, 9.17) is 5.11 Å². The van der Waals surface area contributed by atoms with Crippen molar-refractivity contribution in [2.75, 3.05) is 13.2 Å². The van der Waals surface area contributed by atoms with Crippen LogP contribution in [-0.4, -0.2) is 36.0 Å². The summed E-state index contributed by atoms with van der Waals surface area (Å²) in [4.78, 5) is 28.5. The molecule has 0 aromatic carbocycles. The lowest BCUT2D eigenvalue weighted by Gasteiger charge is -2.35. The van der Waals surface area contributed by atoms with Crippen molar-refractivity contribution in [3.05, 3.63) is 0 Å². The molecule has 1 fully saturated rings. The number of hydrogen-bond donors (Lipinski definition) is 3. The highest BCUT2D eigenvalue weighted by atomic mass is 16.3. The number of rotatable bonds is 7. The third-order valence-corrected chi connectivity index (χ3v) is 3.27. The number of aliphatic imine (C=N–C) groups is 1. The van der Waals surface area contributed by atoms with Gasteiger partial charge in [0, 0.05) is 13.2 Å². The van der Waals surface area contributed by atoms with Crippen molar-refractivity contribution in [3.63, 3.8) is 0 Å². The van der Waals surface area contributed by atoms with E-state index in [1.54, 1.807) is 0 Å². The van der Waals surface area contributed by atoms with Crippen molar-refractivity contribution < 1.29 is 14.7 Å². The van der Waals surface area contributed by atoms with Gasteiger partial charge in [-0.2, -0.15) is 0 Å². The number of aliphatic hydroxyl groups excluding tert-OH is 1. The zero-order valence-corrected chi connectivity index (χ0v) is 11.7. The predicted octanol–water partition coefficient (Wildman–Crippen LogP) is 0.557. The fourth-order valence-electron chi connectivity index (χ4n) is 2.36. The number of carbonyl (C=O) groups excluding carboxylic acids is 2. The first kappa shape index (κ1) is 15.6. The second-order valence-corrected chi connectivity index (χ2v) is 4.80. The van der Waals surface area contributed by atoms with Crippen LogP contribution in [0.1, 0.15) is 46.0 Å². The Hall–Kier alpha value is -1.43. The van der Waals surface area contributed by atoms with E-state index in [0.29, 0.717) is 25.8 Å². The van der Waals surface area contributed by atoms with E-state index in [0.717, 1.165) is 12.8 Å². The van der Waals surface area contributed by atoms with Crippen LogP contribution in [0, 0.1) is 5.41 Å². The van der Waals surface area contributed by atoms with Gasteiger partial charge >= 0.3 is 0 Å². The molecule has 1 aliphatic rings. The van der Waals surface area contributed by atoms with Gasteiger partial charge in [-0.1, -0.05) is 26.7 Å². The average molecular weight is 269 g/mol. The Kier molecular flexibility index (Phi) is 5.95. The molecule has 0 aromatic rings. The van der Waals surface area contributed by atoms with E-state index < -0.39 is 5.41 Å². The van der Waals surface area contributed by atoms with Crippen molar-refractivity contribution in [2.24, 2.45) is 10.4 Å². The first-order valence-electron chi connectivity index (χ1n) is 6.89. The van der Waals surface area contributed by atoms with Gasteiger partial charge in [0.2, 0.25) is 17.8 Å². The lowest BCUT2D eigenvalue weighted by Crippen LogP contribution is -2.63. The lowest BCUT2D eigenvalue weighted by atomic mass is 9.76. The van der Waals surface area contributed by atoms with Crippen LogP contribution in [0.25, 0.3) is 0 Å². The molecule has 19 heavy (non-hydrogen) atoms. The molecule has 0 radical (unpaired) electrons. The van der Waals surface area contributed by atoms with Gasteiger partial charge in [-0.25, -0.2) is 0 Å². The molecule has 1 rings (SSSR count). The molecule has 1 aliphatic heterocycles. The van der Waals surface area contributed by atoms with Gasteiger partial charge in [-0.05, 0) is 19.3 Å². The molecule has 0 bridgehead atoms. The van der Waals surface area contributed by atoms with E-state index in [1.165, 1.54) is 0 Å². The van der Waals surface area contributed by atoms with Gasteiger partial charge in [0.05, 0.1) is 0 Å². The monoisotopic (exact) mass is 269 g/mol. The molecule has 6 heteroatoms. The van der Waals surface area contributed by atoms with E-state index in [-0.39, 0.29) is 24.4 Å². The third-order valence-electron chi connectivity index (χ3n) is 3.27. The molecule has 0 aromatic heterocycles. The summed E-state index contributed by atoms with van der Waals surface area (Å²) in [5, 5.41) is 14.0.